The van der Waals surface area contributed by atoms with Crippen molar-refractivity contribution in [2.75, 3.05) is 0 Å². The van der Waals surface area contributed by atoms with Crippen LogP contribution in [0.15, 0.2) is 28.8 Å². The molecule has 1 unspecified atom stereocenters. The maximum Gasteiger partial charge on any atom is 0.154 e. The molecule has 2 N–H and O–H groups in total. The highest BCUT2D eigenvalue weighted by Gasteiger charge is 2.09. The number of hydrogen-bond donors (Lipinski definition) is 1. The number of nitrogens with two attached hydrogens (primary N) is 1. The Morgan fingerprint density at radius 2 is 2.21 bits per heavy atom. The van der Waals surface area contributed by atoms with Gasteiger partial charge in [0.05, 0.1) is 6.04 Å². The van der Waals surface area contributed by atoms with Gasteiger partial charge < -0.3 is 10.2 Å². The van der Waals surface area contributed by atoms with Gasteiger partial charge in [0.2, 0.25) is 0 Å². The van der Waals surface area contributed by atoms with E-state index in [4.69, 9.17) is 10.2 Å². The number of aryl methyl sites for hydroxylation is 1. The lowest BCUT2D eigenvalue weighted by molar-refractivity contribution is 0.489. The van der Waals surface area contributed by atoms with Crippen LogP contribution in [-0.4, -0.2) is 9.78 Å². The molecule has 74 valence electrons. The summed E-state index contributed by atoms with van der Waals surface area (Å²) in [6.45, 7) is 1.89. The second-order valence-corrected chi connectivity index (χ2v) is 3.37. The van der Waals surface area contributed by atoms with Crippen molar-refractivity contribution in [3.05, 3.63) is 30.2 Å². The fraction of sp³-hybridized carbons (Fsp3) is 0.300. The van der Waals surface area contributed by atoms with Crippen LogP contribution < -0.4 is 5.73 Å². The van der Waals surface area contributed by atoms with Crippen LogP contribution in [0.25, 0.3) is 11.5 Å². The Morgan fingerprint density at radius 3 is 2.71 bits per heavy atom. The van der Waals surface area contributed by atoms with Crippen LogP contribution in [0.3, 0.4) is 0 Å². The minimum absolute atomic E-state index is 0.0764. The van der Waals surface area contributed by atoms with E-state index in [0.29, 0.717) is 0 Å². The van der Waals surface area contributed by atoms with E-state index in [1.807, 2.05) is 38.4 Å². The van der Waals surface area contributed by atoms with Crippen LogP contribution in [0.4, 0.5) is 0 Å². The molecule has 0 aromatic carbocycles. The van der Waals surface area contributed by atoms with Crippen molar-refractivity contribution in [3.8, 4) is 11.5 Å². The van der Waals surface area contributed by atoms with Gasteiger partial charge >= 0.3 is 0 Å². The molecule has 4 heteroatoms. The third-order valence-corrected chi connectivity index (χ3v) is 2.04. The molecule has 4 nitrogen and oxygen atoms in total. The Hall–Kier alpha value is -1.55. The predicted molar refractivity (Wildman–Crippen MR) is 53.5 cm³/mol. The Bertz CT molecular complexity index is 428. The van der Waals surface area contributed by atoms with Gasteiger partial charge in [0.1, 0.15) is 11.5 Å². The van der Waals surface area contributed by atoms with Crippen molar-refractivity contribution < 1.29 is 4.42 Å². The summed E-state index contributed by atoms with van der Waals surface area (Å²) in [6, 6.07) is 5.60. The molecule has 0 aliphatic carbocycles. The summed E-state index contributed by atoms with van der Waals surface area (Å²) in [6.07, 6.45) is 1.88. The van der Waals surface area contributed by atoms with Crippen molar-refractivity contribution in [1.82, 2.24) is 9.78 Å². The van der Waals surface area contributed by atoms with Crippen LogP contribution >= 0.6 is 0 Å². The molecule has 14 heavy (non-hydrogen) atoms. The molecule has 0 radical (unpaired) electrons. The molecule has 0 spiro atoms. The highest BCUT2D eigenvalue weighted by atomic mass is 16.3. The van der Waals surface area contributed by atoms with Crippen molar-refractivity contribution >= 4 is 0 Å². The fourth-order valence-corrected chi connectivity index (χ4v) is 1.28. The largest absolute Gasteiger partial charge is 0.458 e. The molecule has 0 saturated heterocycles. The first-order valence-corrected chi connectivity index (χ1v) is 4.52. The summed E-state index contributed by atoms with van der Waals surface area (Å²) in [5, 5.41) is 4.24. The first-order chi connectivity index (χ1) is 6.66. The molecule has 0 bridgehead atoms. The van der Waals surface area contributed by atoms with Crippen LogP contribution in [-0.2, 0) is 7.05 Å². The Labute approximate surface area is 82.3 Å². The van der Waals surface area contributed by atoms with Gasteiger partial charge in [-0.1, -0.05) is 0 Å². The van der Waals surface area contributed by atoms with Gasteiger partial charge in [0, 0.05) is 13.2 Å². The summed E-state index contributed by atoms with van der Waals surface area (Å²) in [5.41, 5.74) is 6.52. The van der Waals surface area contributed by atoms with E-state index in [1.165, 1.54) is 0 Å². The molecule has 0 fully saturated rings. The molecular formula is C10H13N3O. The summed E-state index contributed by atoms with van der Waals surface area (Å²) in [4.78, 5) is 0. The van der Waals surface area contributed by atoms with E-state index in [-0.39, 0.29) is 6.04 Å². The van der Waals surface area contributed by atoms with E-state index in [2.05, 4.69) is 5.10 Å². The third kappa shape index (κ3) is 1.56. The molecule has 2 heterocycles. The van der Waals surface area contributed by atoms with Crippen LogP contribution in [0.5, 0.6) is 0 Å². The van der Waals surface area contributed by atoms with E-state index in [9.17, 15) is 0 Å². The number of furan rings is 1. The summed E-state index contributed by atoms with van der Waals surface area (Å²) in [7, 11) is 1.87. The van der Waals surface area contributed by atoms with Crippen molar-refractivity contribution in [1.29, 1.82) is 0 Å². The lowest BCUT2D eigenvalue weighted by atomic mass is 10.3. The monoisotopic (exact) mass is 191 g/mol. The topological polar surface area (TPSA) is 57.0 Å². The van der Waals surface area contributed by atoms with E-state index in [0.717, 1.165) is 17.2 Å². The molecule has 1 atom stereocenters. The Kier molecular flexibility index (Phi) is 2.13. The van der Waals surface area contributed by atoms with Crippen LogP contribution in [0.1, 0.15) is 18.7 Å². The van der Waals surface area contributed by atoms with E-state index in [1.54, 1.807) is 4.68 Å². The highest BCUT2D eigenvalue weighted by Crippen LogP contribution is 2.22. The van der Waals surface area contributed by atoms with Crippen molar-refractivity contribution in [3.63, 3.8) is 0 Å². The van der Waals surface area contributed by atoms with Gasteiger partial charge in [0.25, 0.3) is 0 Å². The zero-order valence-electron chi connectivity index (χ0n) is 8.27. The normalized spacial score (nSPS) is 13.1. The first kappa shape index (κ1) is 9.02. The molecule has 0 amide bonds. The van der Waals surface area contributed by atoms with Crippen LogP contribution in [0, 0.1) is 0 Å². The Morgan fingerprint density at radius 1 is 1.43 bits per heavy atom. The van der Waals surface area contributed by atoms with E-state index < -0.39 is 0 Å². The SMILES string of the molecule is CC(N)c1ccc(-c2ccn(C)n2)o1. The third-order valence-electron chi connectivity index (χ3n) is 2.04. The standard InChI is InChI=1S/C10H13N3O/c1-7(11)9-3-4-10(14-9)8-5-6-13(2)12-8/h3-7H,11H2,1-2H3. The second kappa shape index (κ2) is 3.31. The summed E-state index contributed by atoms with van der Waals surface area (Å²) in [5.74, 6) is 1.54. The average Bonchev–Trinajstić information content (AvgIpc) is 2.70. The predicted octanol–water partition coefficient (Wildman–Crippen LogP) is 1.70. The van der Waals surface area contributed by atoms with Gasteiger partial charge in [-0.05, 0) is 25.1 Å². The first-order valence-electron chi connectivity index (χ1n) is 4.52. The molecular weight excluding hydrogens is 178 g/mol. The molecule has 0 aliphatic heterocycles. The van der Waals surface area contributed by atoms with Crippen molar-refractivity contribution in [2.45, 2.75) is 13.0 Å². The van der Waals surface area contributed by atoms with Gasteiger partial charge in [-0.15, -0.1) is 0 Å². The summed E-state index contributed by atoms with van der Waals surface area (Å²) >= 11 is 0. The van der Waals surface area contributed by atoms with Gasteiger partial charge in [-0.25, -0.2) is 0 Å². The number of aromatic nitrogens is 2. The van der Waals surface area contributed by atoms with E-state index >= 15 is 0 Å². The molecule has 0 aliphatic rings. The number of hydrogen-bond acceptors (Lipinski definition) is 3. The molecule has 2 rings (SSSR count). The highest BCUT2D eigenvalue weighted by molar-refractivity contribution is 5.51. The summed E-state index contributed by atoms with van der Waals surface area (Å²) < 4.78 is 7.28. The minimum Gasteiger partial charge on any atom is -0.458 e. The lowest BCUT2D eigenvalue weighted by Crippen LogP contribution is -2.02. The fourth-order valence-electron chi connectivity index (χ4n) is 1.28. The molecule has 0 saturated carbocycles. The molecule has 2 aromatic heterocycles. The Balaban J connectivity index is 2.33. The number of rotatable bonds is 2. The lowest BCUT2D eigenvalue weighted by Gasteiger charge is -1.98. The maximum atomic E-state index is 5.69. The van der Waals surface area contributed by atoms with Gasteiger partial charge in [-0.2, -0.15) is 5.10 Å². The number of nitrogens with zero attached hydrogens (tertiary/aromatic N) is 2. The quantitative estimate of drug-likeness (QED) is 0.786. The smallest absolute Gasteiger partial charge is 0.154 e. The van der Waals surface area contributed by atoms with Crippen LogP contribution in [0.2, 0.25) is 0 Å². The van der Waals surface area contributed by atoms with Gasteiger partial charge in [0.15, 0.2) is 5.76 Å². The van der Waals surface area contributed by atoms with Gasteiger partial charge in [-0.3, -0.25) is 4.68 Å². The zero-order chi connectivity index (χ0) is 10.1. The minimum atomic E-state index is -0.0764. The molecule has 2 aromatic rings. The van der Waals surface area contributed by atoms with Crippen molar-refractivity contribution in [2.24, 2.45) is 12.8 Å². The maximum absolute atomic E-state index is 5.69. The zero-order valence-corrected chi connectivity index (χ0v) is 8.27. The average molecular weight is 191 g/mol. The second-order valence-electron chi connectivity index (χ2n) is 3.37.